The Hall–Kier alpha value is 0.867. The van der Waals surface area contributed by atoms with E-state index in [1.165, 1.54) is 0 Å². The van der Waals surface area contributed by atoms with Gasteiger partial charge in [0.2, 0.25) is 0 Å². The molecular formula is C7H17IO2Si. The maximum absolute atomic E-state index is 5.59. The van der Waals surface area contributed by atoms with Gasteiger partial charge in [0.15, 0.2) is 8.32 Å². The minimum absolute atomic E-state index is 0.290. The Morgan fingerprint density at radius 3 is 2.18 bits per heavy atom. The lowest BCUT2D eigenvalue weighted by molar-refractivity contribution is 0.0976. The van der Waals surface area contributed by atoms with Crippen LogP contribution in [0.15, 0.2) is 0 Å². The first-order valence-corrected chi connectivity index (χ1v) is 8.47. The van der Waals surface area contributed by atoms with E-state index in [1.54, 1.807) is 0 Å². The quantitative estimate of drug-likeness (QED) is 0.335. The normalized spacial score (nSPS) is 15.0. The summed E-state index contributed by atoms with van der Waals surface area (Å²) in [5, 5.41) is 0. The molecule has 0 N–H and O–H groups in total. The summed E-state index contributed by atoms with van der Waals surface area (Å²) in [6, 6.07) is 0. The average Bonchev–Trinajstić information content (AvgIpc) is 1.78. The van der Waals surface area contributed by atoms with E-state index >= 15 is 0 Å². The van der Waals surface area contributed by atoms with Crippen LogP contribution in [0.5, 0.6) is 0 Å². The summed E-state index contributed by atoms with van der Waals surface area (Å²) in [5.41, 5.74) is 0. The van der Waals surface area contributed by atoms with Crippen molar-refractivity contribution in [1.29, 1.82) is 0 Å². The Bertz CT molecular complexity index is 101. The summed E-state index contributed by atoms with van der Waals surface area (Å²) in [5.74, 6) is 0. The van der Waals surface area contributed by atoms with Crippen LogP contribution in [-0.2, 0) is 9.16 Å². The van der Waals surface area contributed by atoms with Gasteiger partial charge in [-0.1, -0.05) is 22.6 Å². The number of rotatable bonds is 5. The third-order valence-electron chi connectivity index (χ3n) is 0.966. The van der Waals surface area contributed by atoms with Crippen molar-refractivity contribution >= 4 is 30.9 Å². The molecular weight excluding hydrogens is 271 g/mol. The van der Waals surface area contributed by atoms with Crippen molar-refractivity contribution in [3.05, 3.63) is 0 Å². The van der Waals surface area contributed by atoms with Gasteiger partial charge >= 0.3 is 0 Å². The van der Waals surface area contributed by atoms with Gasteiger partial charge in [0.1, 0.15) is 4.11 Å². The number of alkyl halides is 1. The lowest BCUT2D eigenvalue weighted by atomic mass is 10.8. The zero-order valence-corrected chi connectivity index (χ0v) is 10.8. The van der Waals surface area contributed by atoms with Gasteiger partial charge in [-0.25, -0.2) is 0 Å². The van der Waals surface area contributed by atoms with Crippen LogP contribution in [-0.4, -0.2) is 25.6 Å². The number of hydrogen-bond acceptors (Lipinski definition) is 2. The van der Waals surface area contributed by atoms with Crippen LogP contribution >= 0.6 is 22.6 Å². The second-order valence-electron chi connectivity index (χ2n) is 3.37. The van der Waals surface area contributed by atoms with Crippen LogP contribution < -0.4 is 0 Å². The van der Waals surface area contributed by atoms with Gasteiger partial charge in [0, 0.05) is 0 Å². The molecule has 0 saturated heterocycles. The summed E-state index contributed by atoms with van der Waals surface area (Å²) >= 11 is 2.24. The first-order valence-electron chi connectivity index (χ1n) is 3.81. The van der Waals surface area contributed by atoms with Gasteiger partial charge in [0.05, 0.1) is 13.2 Å². The maximum atomic E-state index is 5.59. The van der Waals surface area contributed by atoms with Gasteiger partial charge in [-0.2, -0.15) is 0 Å². The van der Waals surface area contributed by atoms with E-state index in [-0.39, 0.29) is 4.11 Å². The fourth-order valence-corrected chi connectivity index (χ4v) is 1.51. The molecule has 0 aromatic carbocycles. The van der Waals surface area contributed by atoms with Crippen molar-refractivity contribution in [1.82, 2.24) is 0 Å². The molecule has 1 unspecified atom stereocenters. The predicted molar refractivity (Wildman–Crippen MR) is 58.7 cm³/mol. The standard InChI is InChI=1S/C7H17IO2Si/c1-7(8)9-5-6-10-11(2,3)4/h7H,5-6H2,1-4H3. The van der Waals surface area contributed by atoms with Gasteiger partial charge in [-0.05, 0) is 26.6 Å². The first-order chi connectivity index (χ1) is 4.92. The topological polar surface area (TPSA) is 18.5 Å². The second-order valence-corrected chi connectivity index (χ2v) is 9.64. The Kier molecular flexibility index (Phi) is 5.94. The molecule has 68 valence electrons. The molecule has 0 spiro atoms. The van der Waals surface area contributed by atoms with E-state index in [4.69, 9.17) is 9.16 Å². The lowest BCUT2D eigenvalue weighted by Gasteiger charge is -2.17. The van der Waals surface area contributed by atoms with E-state index < -0.39 is 8.32 Å². The molecule has 0 aromatic heterocycles. The number of hydrogen-bond donors (Lipinski definition) is 0. The van der Waals surface area contributed by atoms with Crippen molar-refractivity contribution in [2.45, 2.75) is 30.7 Å². The first kappa shape index (κ1) is 11.9. The van der Waals surface area contributed by atoms with Gasteiger partial charge in [-0.3, -0.25) is 0 Å². The third-order valence-corrected chi connectivity index (χ3v) is 2.40. The zero-order chi connectivity index (χ0) is 8.91. The molecule has 0 saturated carbocycles. The highest BCUT2D eigenvalue weighted by atomic mass is 127. The Labute approximate surface area is 83.9 Å². The fraction of sp³-hybridized carbons (Fsp3) is 1.00. The monoisotopic (exact) mass is 288 g/mol. The molecule has 0 aromatic rings. The fourth-order valence-electron chi connectivity index (χ4n) is 0.558. The van der Waals surface area contributed by atoms with Crippen LogP contribution in [0.4, 0.5) is 0 Å². The van der Waals surface area contributed by atoms with Crippen molar-refractivity contribution in [3.8, 4) is 0 Å². The highest BCUT2D eigenvalue weighted by Gasteiger charge is 2.13. The average molecular weight is 288 g/mol. The largest absolute Gasteiger partial charge is 0.415 e. The molecule has 0 heterocycles. The molecule has 11 heavy (non-hydrogen) atoms. The van der Waals surface area contributed by atoms with Crippen molar-refractivity contribution < 1.29 is 9.16 Å². The van der Waals surface area contributed by atoms with Crippen molar-refractivity contribution in [2.75, 3.05) is 13.2 Å². The highest BCUT2D eigenvalue weighted by Crippen LogP contribution is 2.03. The van der Waals surface area contributed by atoms with Crippen LogP contribution in [0.25, 0.3) is 0 Å². The summed E-state index contributed by atoms with van der Waals surface area (Å²) in [4.78, 5) is 0. The Morgan fingerprint density at radius 1 is 1.27 bits per heavy atom. The number of ether oxygens (including phenoxy) is 1. The molecule has 0 rings (SSSR count). The molecule has 4 heteroatoms. The van der Waals surface area contributed by atoms with E-state index in [0.29, 0.717) is 6.61 Å². The minimum Gasteiger partial charge on any atom is -0.415 e. The number of halogens is 1. The van der Waals surface area contributed by atoms with Gasteiger partial charge in [0.25, 0.3) is 0 Å². The maximum Gasteiger partial charge on any atom is 0.183 e. The molecule has 0 radical (unpaired) electrons. The summed E-state index contributed by atoms with van der Waals surface area (Å²) in [6.45, 7) is 10.0. The molecule has 0 aliphatic carbocycles. The SMILES string of the molecule is CC(I)OCCO[Si](C)(C)C. The minimum atomic E-state index is -1.31. The predicted octanol–water partition coefficient (Wildman–Crippen LogP) is 2.64. The molecule has 0 aliphatic heterocycles. The third kappa shape index (κ3) is 10.9. The van der Waals surface area contributed by atoms with Crippen LogP contribution in [0.2, 0.25) is 19.6 Å². The van der Waals surface area contributed by atoms with Crippen LogP contribution in [0.3, 0.4) is 0 Å². The van der Waals surface area contributed by atoms with E-state index in [9.17, 15) is 0 Å². The summed E-state index contributed by atoms with van der Waals surface area (Å²) < 4.78 is 11.2. The molecule has 0 amide bonds. The smallest absolute Gasteiger partial charge is 0.183 e. The van der Waals surface area contributed by atoms with Crippen LogP contribution in [0.1, 0.15) is 6.92 Å². The highest BCUT2D eigenvalue weighted by molar-refractivity contribution is 14.1. The molecule has 0 bridgehead atoms. The molecule has 0 aliphatic rings. The second kappa shape index (κ2) is 5.50. The van der Waals surface area contributed by atoms with Crippen LogP contribution in [0, 0.1) is 0 Å². The van der Waals surface area contributed by atoms with Gasteiger partial charge < -0.3 is 9.16 Å². The Balaban J connectivity index is 3.15. The van der Waals surface area contributed by atoms with Gasteiger partial charge in [-0.15, -0.1) is 0 Å². The molecule has 2 nitrogen and oxygen atoms in total. The van der Waals surface area contributed by atoms with E-state index in [2.05, 4.69) is 42.2 Å². The summed E-state index contributed by atoms with van der Waals surface area (Å²) in [7, 11) is -1.31. The van der Waals surface area contributed by atoms with E-state index in [1.807, 2.05) is 6.92 Å². The zero-order valence-electron chi connectivity index (χ0n) is 7.69. The summed E-state index contributed by atoms with van der Waals surface area (Å²) in [6.07, 6.45) is 0. The Morgan fingerprint density at radius 2 is 1.82 bits per heavy atom. The van der Waals surface area contributed by atoms with Crippen molar-refractivity contribution in [2.24, 2.45) is 0 Å². The lowest BCUT2D eigenvalue weighted by Crippen LogP contribution is -2.27. The molecule has 0 fully saturated rings. The van der Waals surface area contributed by atoms with Crippen molar-refractivity contribution in [3.63, 3.8) is 0 Å². The molecule has 1 atom stereocenters. The van der Waals surface area contributed by atoms with E-state index in [0.717, 1.165) is 6.61 Å².